The van der Waals surface area contributed by atoms with E-state index >= 15 is 0 Å². The molecule has 2 amide bonds. The van der Waals surface area contributed by atoms with Gasteiger partial charge in [0, 0.05) is 11.4 Å². The Morgan fingerprint density at radius 3 is 2.65 bits per heavy atom. The van der Waals surface area contributed by atoms with E-state index in [2.05, 4.69) is 5.32 Å². The molecule has 2 saturated heterocycles. The van der Waals surface area contributed by atoms with Gasteiger partial charge < -0.3 is 4.74 Å². The van der Waals surface area contributed by atoms with Crippen molar-refractivity contribution in [2.24, 2.45) is 11.8 Å². The average Bonchev–Trinajstić information content (AvgIpc) is 3.24. The third-order valence-electron chi connectivity index (χ3n) is 5.02. The van der Waals surface area contributed by atoms with E-state index in [0.717, 1.165) is 4.88 Å². The number of amides is 2. The summed E-state index contributed by atoms with van der Waals surface area (Å²) in [6.07, 6.45) is 0.388. The molecular formula is C16H20N2O4S. The molecule has 4 unspecified atom stereocenters. The third kappa shape index (κ3) is 2.06. The fourth-order valence-corrected chi connectivity index (χ4v) is 4.75. The second kappa shape index (κ2) is 5.72. The van der Waals surface area contributed by atoms with Crippen LogP contribution < -0.4 is 5.32 Å². The Balaban J connectivity index is 2.13. The number of nitrogens with zero attached hydrogens (tertiary/aromatic N) is 1. The summed E-state index contributed by atoms with van der Waals surface area (Å²) >= 11 is 1.52. The Bertz CT molecular complexity index is 645. The predicted molar refractivity (Wildman–Crippen MR) is 84.6 cm³/mol. The lowest BCUT2D eigenvalue weighted by Gasteiger charge is -2.31. The van der Waals surface area contributed by atoms with E-state index in [9.17, 15) is 14.4 Å². The lowest BCUT2D eigenvalue weighted by Crippen LogP contribution is -2.55. The number of carbonyl (C=O) groups is 3. The highest BCUT2D eigenvalue weighted by Crippen LogP contribution is 2.50. The number of methoxy groups -OCH3 is 1. The number of carbonyl (C=O) groups excluding carboxylic acids is 3. The number of fused-ring (bicyclic) bond motifs is 1. The van der Waals surface area contributed by atoms with Gasteiger partial charge in [0.05, 0.1) is 25.0 Å². The van der Waals surface area contributed by atoms with Crippen molar-refractivity contribution in [3.63, 3.8) is 0 Å². The Morgan fingerprint density at radius 2 is 2.13 bits per heavy atom. The lowest BCUT2D eigenvalue weighted by atomic mass is 9.78. The molecule has 1 aromatic rings. The summed E-state index contributed by atoms with van der Waals surface area (Å²) in [7, 11) is 1.31. The first-order valence-corrected chi connectivity index (χ1v) is 8.64. The molecule has 2 aliphatic heterocycles. The van der Waals surface area contributed by atoms with Crippen molar-refractivity contribution in [2.75, 3.05) is 13.7 Å². The van der Waals surface area contributed by atoms with Gasteiger partial charge in [-0.3, -0.25) is 24.6 Å². The van der Waals surface area contributed by atoms with Crippen molar-refractivity contribution in [1.29, 1.82) is 0 Å². The maximum Gasteiger partial charge on any atom is 0.326 e. The fraction of sp³-hybridized carbons (Fsp3) is 0.562. The second-order valence-corrected chi connectivity index (χ2v) is 6.86. The number of ether oxygens (including phenoxy) is 1. The minimum absolute atomic E-state index is 0.201. The molecule has 2 fully saturated rings. The summed E-state index contributed by atoms with van der Waals surface area (Å²) in [5, 5.41) is 5.21. The van der Waals surface area contributed by atoms with Crippen LogP contribution in [0.15, 0.2) is 17.5 Å². The molecule has 0 bridgehead atoms. The van der Waals surface area contributed by atoms with Crippen LogP contribution in [0.5, 0.6) is 0 Å². The van der Waals surface area contributed by atoms with Crippen LogP contribution in [0.3, 0.4) is 0 Å². The molecule has 3 rings (SSSR count). The number of rotatable bonds is 4. The van der Waals surface area contributed by atoms with Crippen molar-refractivity contribution in [3.8, 4) is 0 Å². The van der Waals surface area contributed by atoms with Crippen molar-refractivity contribution < 1.29 is 19.1 Å². The summed E-state index contributed by atoms with van der Waals surface area (Å²) in [5.74, 6) is -2.22. The molecular weight excluding hydrogens is 316 g/mol. The molecule has 0 aromatic carbocycles. The van der Waals surface area contributed by atoms with Crippen molar-refractivity contribution >= 4 is 29.1 Å². The van der Waals surface area contributed by atoms with Gasteiger partial charge in [0.15, 0.2) is 0 Å². The van der Waals surface area contributed by atoms with Gasteiger partial charge in [0.2, 0.25) is 11.8 Å². The summed E-state index contributed by atoms with van der Waals surface area (Å²) in [5.41, 5.74) is -1.15. The summed E-state index contributed by atoms with van der Waals surface area (Å²) in [6, 6.07) is 3.49. The monoisotopic (exact) mass is 336 g/mol. The fourth-order valence-electron chi connectivity index (χ4n) is 3.92. The highest BCUT2D eigenvalue weighted by atomic mass is 32.1. The van der Waals surface area contributed by atoms with Crippen LogP contribution in [0, 0.1) is 11.8 Å². The lowest BCUT2D eigenvalue weighted by molar-refractivity contribution is -0.154. The van der Waals surface area contributed by atoms with Gasteiger partial charge in [-0.15, -0.1) is 11.3 Å². The van der Waals surface area contributed by atoms with Crippen LogP contribution in [0.2, 0.25) is 0 Å². The molecule has 6 nitrogen and oxygen atoms in total. The zero-order valence-electron chi connectivity index (χ0n) is 13.4. The number of thiophene rings is 1. The van der Waals surface area contributed by atoms with Gasteiger partial charge in [0.25, 0.3) is 0 Å². The quantitative estimate of drug-likeness (QED) is 0.663. The van der Waals surface area contributed by atoms with Crippen LogP contribution in [0.1, 0.15) is 31.2 Å². The number of esters is 1. The molecule has 3 heterocycles. The maximum absolute atomic E-state index is 12.8. The first kappa shape index (κ1) is 16.1. The molecule has 0 radical (unpaired) electrons. The Hall–Kier alpha value is -1.73. The standard InChI is InChI=1S/C16H20N2O4S/c1-4-16(15(21)22-3)11-10(13(19)18(5-2)14(11)20)12(17-16)9-7-6-8-23-9/h6-8,10-12,17H,4-5H2,1-3H3. The number of imide groups is 1. The molecule has 124 valence electrons. The summed E-state index contributed by atoms with van der Waals surface area (Å²) in [4.78, 5) is 40.3. The van der Waals surface area contributed by atoms with Crippen LogP contribution in [0.25, 0.3) is 0 Å². The molecule has 0 saturated carbocycles. The Morgan fingerprint density at radius 1 is 1.39 bits per heavy atom. The molecule has 0 spiro atoms. The summed E-state index contributed by atoms with van der Waals surface area (Å²) in [6.45, 7) is 3.93. The number of hydrogen-bond donors (Lipinski definition) is 1. The highest BCUT2D eigenvalue weighted by Gasteiger charge is 2.67. The largest absolute Gasteiger partial charge is 0.468 e. The van der Waals surface area contributed by atoms with E-state index < -0.39 is 23.3 Å². The number of likely N-dealkylation sites (tertiary alicyclic amines) is 1. The molecule has 23 heavy (non-hydrogen) atoms. The van der Waals surface area contributed by atoms with Gasteiger partial charge in [-0.25, -0.2) is 0 Å². The van der Waals surface area contributed by atoms with E-state index in [1.807, 2.05) is 24.4 Å². The Labute approximate surface area is 138 Å². The maximum atomic E-state index is 12.8. The van der Waals surface area contributed by atoms with Gasteiger partial charge in [-0.05, 0) is 24.8 Å². The van der Waals surface area contributed by atoms with Gasteiger partial charge in [-0.1, -0.05) is 13.0 Å². The van der Waals surface area contributed by atoms with Crippen LogP contribution in [0.4, 0.5) is 0 Å². The molecule has 1 N–H and O–H groups in total. The molecule has 4 atom stereocenters. The smallest absolute Gasteiger partial charge is 0.326 e. The van der Waals surface area contributed by atoms with E-state index in [0.29, 0.717) is 13.0 Å². The van der Waals surface area contributed by atoms with Crippen LogP contribution in [-0.4, -0.2) is 41.9 Å². The van der Waals surface area contributed by atoms with Crippen molar-refractivity contribution in [1.82, 2.24) is 10.2 Å². The molecule has 2 aliphatic rings. The predicted octanol–water partition coefficient (Wildman–Crippen LogP) is 1.34. The van der Waals surface area contributed by atoms with Crippen LogP contribution in [-0.2, 0) is 19.1 Å². The van der Waals surface area contributed by atoms with Crippen molar-refractivity contribution in [2.45, 2.75) is 31.8 Å². The minimum Gasteiger partial charge on any atom is -0.468 e. The van der Waals surface area contributed by atoms with E-state index in [4.69, 9.17) is 4.74 Å². The second-order valence-electron chi connectivity index (χ2n) is 5.88. The van der Waals surface area contributed by atoms with Crippen LogP contribution >= 0.6 is 11.3 Å². The first-order valence-electron chi connectivity index (χ1n) is 7.76. The number of hydrogen-bond acceptors (Lipinski definition) is 6. The normalized spacial score (nSPS) is 33.2. The zero-order valence-corrected chi connectivity index (χ0v) is 14.2. The topological polar surface area (TPSA) is 75.7 Å². The Kier molecular flexibility index (Phi) is 4.01. The molecule has 0 aliphatic carbocycles. The highest BCUT2D eigenvalue weighted by molar-refractivity contribution is 7.10. The first-order chi connectivity index (χ1) is 11.0. The number of nitrogens with one attached hydrogen (secondary N) is 1. The average molecular weight is 336 g/mol. The molecule has 1 aromatic heterocycles. The van der Waals surface area contributed by atoms with Gasteiger partial charge in [0.1, 0.15) is 5.54 Å². The molecule has 7 heteroatoms. The third-order valence-corrected chi connectivity index (χ3v) is 5.97. The van der Waals surface area contributed by atoms with E-state index in [-0.39, 0.29) is 17.9 Å². The SMILES string of the molecule is CCN1C(=O)C2C(c3cccs3)NC(CC)(C(=O)OC)C2C1=O. The summed E-state index contributed by atoms with van der Waals surface area (Å²) < 4.78 is 4.97. The van der Waals surface area contributed by atoms with Gasteiger partial charge in [-0.2, -0.15) is 0 Å². The van der Waals surface area contributed by atoms with Crippen molar-refractivity contribution in [3.05, 3.63) is 22.4 Å². The minimum atomic E-state index is -1.15. The van der Waals surface area contributed by atoms with E-state index in [1.165, 1.54) is 23.3 Å². The van der Waals surface area contributed by atoms with Gasteiger partial charge >= 0.3 is 5.97 Å². The zero-order chi connectivity index (χ0) is 16.8. The van der Waals surface area contributed by atoms with E-state index in [1.54, 1.807) is 6.92 Å².